The molecule has 1 fully saturated rings. The molecule has 1 aromatic carbocycles. The second-order valence-corrected chi connectivity index (χ2v) is 6.19. The number of carbonyl (C=O) groups is 2. The summed E-state index contributed by atoms with van der Waals surface area (Å²) in [7, 11) is 0. The SMILES string of the molecule is O=C(COC(=O)c1ccncc1)c1ccc(C2CCCCC2)cc1. The zero-order valence-corrected chi connectivity index (χ0v) is 13.6. The lowest BCUT2D eigenvalue weighted by Crippen LogP contribution is -2.14. The number of ketones is 1. The van der Waals surface area contributed by atoms with Gasteiger partial charge in [-0.3, -0.25) is 9.78 Å². The van der Waals surface area contributed by atoms with Crippen molar-refractivity contribution in [2.75, 3.05) is 6.61 Å². The van der Waals surface area contributed by atoms with Gasteiger partial charge in [0.2, 0.25) is 0 Å². The summed E-state index contributed by atoms with van der Waals surface area (Å²) in [5, 5.41) is 0. The van der Waals surface area contributed by atoms with Crippen LogP contribution in [0.5, 0.6) is 0 Å². The van der Waals surface area contributed by atoms with Crippen molar-refractivity contribution in [2.24, 2.45) is 0 Å². The Balaban J connectivity index is 1.56. The average molecular weight is 323 g/mol. The summed E-state index contributed by atoms with van der Waals surface area (Å²) in [5.74, 6) is -0.0791. The van der Waals surface area contributed by atoms with Crippen molar-refractivity contribution in [3.8, 4) is 0 Å². The molecular weight excluding hydrogens is 302 g/mol. The minimum absolute atomic E-state index is 0.187. The van der Waals surface area contributed by atoms with E-state index in [1.165, 1.54) is 50.1 Å². The summed E-state index contributed by atoms with van der Waals surface area (Å²) < 4.78 is 5.07. The molecule has 1 aromatic heterocycles. The summed E-state index contributed by atoms with van der Waals surface area (Å²) in [4.78, 5) is 27.9. The quantitative estimate of drug-likeness (QED) is 0.612. The van der Waals surface area contributed by atoms with Crippen LogP contribution in [0.3, 0.4) is 0 Å². The number of hydrogen-bond acceptors (Lipinski definition) is 4. The van der Waals surface area contributed by atoms with Gasteiger partial charge in [0, 0.05) is 18.0 Å². The molecule has 4 nitrogen and oxygen atoms in total. The number of benzene rings is 1. The summed E-state index contributed by atoms with van der Waals surface area (Å²) in [5.41, 5.74) is 2.28. The predicted octanol–water partition coefficient (Wildman–Crippen LogP) is 4.17. The minimum atomic E-state index is -0.510. The van der Waals surface area contributed by atoms with Crippen LogP contribution in [-0.4, -0.2) is 23.3 Å². The molecule has 0 atom stereocenters. The second kappa shape index (κ2) is 7.86. The van der Waals surface area contributed by atoms with Gasteiger partial charge in [-0.15, -0.1) is 0 Å². The Morgan fingerprint density at radius 3 is 2.25 bits per heavy atom. The lowest BCUT2D eigenvalue weighted by atomic mass is 9.84. The van der Waals surface area contributed by atoms with Crippen LogP contribution in [0, 0.1) is 0 Å². The molecule has 0 bridgehead atoms. The van der Waals surface area contributed by atoms with Crippen LogP contribution < -0.4 is 0 Å². The highest BCUT2D eigenvalue weighted by Crippen LogP contribution is 2.32. The average Bonchev–Trinajstić information content (AvgIpc) is 2.67. The number of hydrogen-bond donors (Lipinski definition) is 0. The third-order valence-electron chi connectivity index (χ3n) is 4.56. The van der Waals surface area contributed by atoms with E-state index in [0.29, 0.717) is 17.0 Å². The number of Topliss-reactive ketones (excluding diaryl/α,β-unsaturated/α-hetero) is 1. The van der Waals surface area contributed by atoms with Crippen molar-refractivity contribution in [1.29, 1.82) is 0 Å². The fraction of sp³-hybridized carbons (Fsp3) is 0.350. The van der Waals surface area contributed by atoms with Gasteiger partial charge in [-0.25, -0.2) is 4.79 Å². The topological polar surface area (TPSA) is 56.3 Å². The van der Waals surface area contributed by atoms with Gasteiger partial charge in [0.25, 0.3) is 0 Å². The van der Waals surface area contributed by atoms with Crippen LogP contribution in [0.4, 0.5) is 0 Å². The van der Waals surface area contributed by atoms with Crippen LogP contribution >= 0.6 is 0 Å². The Kier molecular flexibility index (Phi) is 5.36. The normalized spacial score (nSPS) is 15.0. The van der Waals surface area contributed by atoms with E-state index in [1.807, 2.05) is 24.3 Å². The highest BCUT2D eigenvalue weighted by Gasteiger charge is 2.16. The van der Waals surface area contributed by atoms with Gasteiger partial charge in [-0.05, 0) is 36.5 Å². The van der Waals surface area contributed by atoms with E-state index in [-0.39, 0.29) is 12.4 Å². The van der Waals surface area contributed by atoms with Crippen LogP contribution in [0.15, 0.2) is 48.8 Å². The molecule has 0 radical (unpaired) electrons. The molecule has 1 aliphatic rings. The van der Waals surface area contributed by atoms with Crippen LogP contribution in [0.2, 0.25) is 0 Å². The van der Waals surface area contributed by atoms with E-state index in [1.54, 1.807) is 12.1 Å². The van der Waals surface area contributed by atoms with E-state index in [9.17, 15) is 9.59 Å². The fourth-order valence-electron chi connectivity index (χ4n) is 3.16. The molecule has 0 aliphatic heterocycles. The van der Waals surface area contributed by atoms with E-state index >= 15 is 0 Å². The van der Waals surface area contributed by atoms with Crippen molar-refractivity contribution in [3.05, 3.63) is 65.5 Å². The molecule has 0 N–H and O–H groups in total. The van der Waals surface area contributed by atoms with Gasteiger partial charge in [0.15, 0.2) is 12.4 Å². The monoisotopic (exact) mass is 323 g/mol. The molecule has 0 spiro atoms. The van der Waals surface area contributed by atoms with Gasteiger partial charge in [-0.2, -0.15) is 0 Å². The lowest BCUT2D eigenvalue weighted by molar-refractivity contribution is 0.0474. The van der Waals surface area contributed by atoms with Crippen molar-refractivity contribution < 1.29 is 14.3 Å². The second-order valence-electron chi connectivity index (χ2n) is 6.19. The first kappa shape index (κ1) is 16.4. The molecule has 1 aliphatic carbocycles. The number of nitrogens with zero attached hydrogens (tertiary/aromatic N) is 1. The van der Waals surface area contributed by atoms with Crippen LogP contribution in [0.25, 0.3) is 0 Å². The third-order valence-corrected chi connectivity index (χ3v) is 4.56. The number of pyridine rings is 1. The maximum absolute atomic E-state index is 12.2. The Hall–Kier alpha value is -2.49. The number of carbonyl (C=O) groups excluding carboxylic acids is 2. The summed E-state index contributed by atoms with van der Waals surface area (Å²) in [6.45, 7) is -0.246. The molecule has 1 heterocycles. The summed E-state index contributed by atoms with van der Waals surface area (Å²) in [6.07, 6.45) is 9.40. The summed E-state index contributed by atoms with van der Waals surface area (Å²) >= 11 is 0. The number of ether oxygens (including phenoxy) is 1. The third kappa shape index (κ3) is 4.07. The first-order valence-electron chi connectivity index (χ1n) is 8.44. The Morgan fingerprint density at radius 1 is 0.917 bits per heavy atom. The Morgan fingerprint density at radius 2 is 1.58 bits per heavy atom. The van der Waals surface area contributed by atoms with Crippen molar-refractivity contribution in [3.63, 3.8) is 0 Å². The molecule has 124 valence electrons. The fourth-order valence-corrected chi connectivity index (χ4v) is 3.16. The van der Waals surface area contributed by atoms with E-state index in [2.05, 4.69) is 4.98 Å². The van der Waals surface area contributed by atoms with Crippen LogP contribution in [-0.2, 0) is 4.74 Å². The largest absolute Gasteiger partial charge is 0.454 e. The molecule has 0 amide bonds. The number of esters is 1. The first-order valence-corrected chi connectivity index (χ1v) is 8.44. The zero-order chi connectivity index (χ0) is 16.8. The van der Waals surface area contributed by atoms with Crippen molar-refractivity contribution in [1.82, 2.24) is 4.98 Å². The van der Waals surface area contributed by atoms with Crippen molar-refractivity contribution >= 4 is 11.8 Å². The van der Waals surface area contributed by atoms with E-state index in [4.69, 9.17) is 4.74 Å². The molecule has 3 rings (SSSR count). The molecule has 1 saturated carbocycles. The molecule has 2 aromatic rings. The molecular formula is C20H21NO3. The maximum Gasteiger partial charge on any atom is 0.338 e. The van der Waals surface area contributed by atoms with E-state index < -0.39 is 5.97 Å². The van der Waals surface area contributed by atoms with E-state index in [0.717, 1.165) is 0 Å². The molecule has 4 heteroatoms. The highest BCUT2D eigenvalue weighted by molar-refractivity contribution is 5.99. The number of rotatable bonds is 5. The zero-order valence-electron chi connectivity index (χ0n) is 13.6. The smallest absolute Gasteiger partial charge is 0.338 e. The first-order chi connectivity index (χ1) is 11.7. The minimum Gasteiger partial charge on any atom is -0.454 e. The molecule has 0 saturated heterocycles. The van der Waals surface area contributed by atoms with Gasteiger partial charge in [0.1, 0.15) is 0 Å². The standard InChI is InChI=1S/C20H21NO3/c22-19(14-24-20(23)18-10-12-21-13-11-18)17-8-6-16(7-9-17)15-4-2-1-3-5-15/h6-13,15H,1-5,14H2. The molecule has 24 heavy (non-hydrogen) atoms. The van der Waals surface area contributed by atoms with Gasteiger partial charge >= 0.3 is 5.97 Å². The Labute approximate surface area is 141 Å². The predicted molar refractivity (Wildman–Crippen MR) is 91.1 cm³/mol. The van der Waals surface area contributed by atoms with Crippen molar-refractivity contribution in [2.45, 2.75) is 38.0 Å². The van der Waals surface area contributed by atoms with Gasteiger partial charge in [0.05, 0.1) is 5.56 Å². The Bertz CT molecular complexity index is 689. The van der Waals surface area contributed by atoms with Gasteiger partial charge in [-0.1, -0.05) is 43.5 Å². The summed E-state index contributed by atoms with van der Waals surface area (Å²) in [6, 6.07) is 10.9. The lowest BCUT2D eigenvalue weighted by Gasteiger charge is -2.22. The number of aromatic nitrogens is 1. The molecule has 0 unspecified atom stereocenters. The maximum atomic E-state index is 12.2. The highest BCUT2D eigenvalue weighted by atomic mass is 16.5. The van der Waals surface area contributed by atoms with Gasteiger partial charge < -0.3 is 4.74 Å². The van der Waals surface area contributed by atoms with Crippen LogP contribution in [0.1, 0.15) is 64.3 Å².